The van der Waals surface area contributed by atoms with E-state index in [9.17, 15) is 9.59 Å². The van der Waals surface area contributed by atoms with Crippen molar-refractivity contribution in [3.05, 3.63) is 497 Å². The Balaban J connectivity index is 0.000000119. The molecule has 0 spiro atoms. The molecule has 8 nitrogen and oxygen atoms in total. The monoisotopic (exact) mass is 1740 g/mol. The maximum Gasteiger partial charge on any atom is 0.265 e. The van der Waals surface area contributed by atoms with Crippen LogP contribution in [0, 0.1) is 0 Å². The minimum atomic E-state index is -0.288. The summed E-state index contributed by atoms with van der Waals surface area (Å²) in [5.41, 5.74) is 22.9. The third-order valence-corrected chi connectivity index (χ3v) is 27.3. The molecule has 0 saturated carbocycles. The lowest BCUT2D eigenvalue weighted by atomic mass is 9.87. The van der Waals surface area contributed by atoms with E-state index in [0.29, 0.717) is 34.3 Å². The zero-order chi connectivity index (χ0) is 91.0. The van der Waals surface area contributed by atoms with E-state index < -0.39 is 0 Å². The average molecular weight is 1750 g/mol. The van der Waals surface area contributed by atoms with Crippen LogP contribution in [0.5, 0.6) is 0 Å². The summed E-state index contributed by atoms with van der Waals surface area (Å²) in [5.74, 6) is 1.30. The first-order valence-electron chi connectivity index (χ1n) is 46.3. The molecule has 638 valence electrons. The van der Waals surface area contributed by atoms with Gasteiger partial charge in [0.2, 0.25) is 0 Å². The number of carbonyl (C=O) groups excluding carboxylic acids is 2. The number of nitrogens with zero attached hydrogens (tertiary/aromatic N) is 6. The SMILES string of the molecule is O=C1c2cccc3c(-c4cccc5ccccc45)ccc(c23)C(=O)N1c1ccccc1.c1ccc(-c2cccc3cc(-c4cc5cccc(-c6ccccc6)c5c5ncccc45)c4cccnc4c23)cc1.c1ccc2c(-c3ccc(-c4nc(-c5ccc(-c6cccc7ccccc67)c6ccccc56)nc(-c5ccc(-c6cccc7ccccc67)c6ccccc56)n4)c4ccccc34)cccc2c1. The third kappa shape index (κ3) is 14.0. The number of aromatic nitrogens is 5. The Bertz CT molecular complexity index is 8790. The summed E-state index contributed by atoms with van der Waals surface area (Å²) >= 11 is 0. The lowest BCUT2D eigenvalue weighted by molar-refractivity contribution is 0.0893. The zero-order valence-corrected chi connectivity index (χ0v) is 74.2. The molecule has 0 atom stereocenters. The Morgan fingerprint density at radius 3 is 0.766 bits per heavy atom. The third-order valence-electron chi connectivity index (χ3n) is 27.3. The van der Waals surface area contributed by atoms with Gasteiger partial charge in [0.25, 0.3) is 11.8 Å². The summed E-state index contributed by atoms with van der Waals surface area (Å²) in [6.45, 7) is 0. The van der Waals surface area contributed by atoms with Crippen LogP contribution in [0.4, 0.5) is 5.69 Å². The largest absolute Gasteiger partial charge is 0.268 e. The van der Waals surface area contributed by atoms with Crippen LogP contribution >= 0.6 is 0 Å². The van der Waals surface area contributed by atoms with Gasteiger partial charge in [0, 0.05) is 67.1 Å². The Morgan fingerprint density at radius 2 is 0.401 bits per heavy atom. The number of imide groups is 1. The maximum absolute atomic E-state index is 13.4. The second-order valence-electron chi connectivity index (χ2n) is 34.9. The summed E-state index contributed by atoms with van der Waals surface area (Å²) in [4.78, 5) is 54.3. The Morgan fingerprint density at radius 1 is 0.161 bits per heavy atom. The van der Waals surface area contributed by atoms with Crippen molar-refractivity contribution in [1.29, 1.82) is 0 Å². The minimum Gasteiger partial charge on any atom is -0.268 e. The molecule has 0 saturated heterocycles. The number of hydrogen-bond donors (Lipinski definition) is 0. The molecule has 26 aromatic rings. The molecule has 3 aromatic heterocycles. The van der Waals surface area contributed by atoms with Gasteiger partial charge in [-0.2, -0.15) is 0 Å². The van der Waals surface area contributed by atoms with Crippen molar-refractivity contribution in [2.75, 3.05) is 4.90 Å². The van der Waals surface area contributed by atoms with E-state index in [2.05, 4.69) is 382 Å². The normalized spacial score (nSPS) is 12.0. The molecule has 2 amide bonds. The highest BCUT2D eigenvalue weighted by molar-refractivity contribution is 6.37. The molecule has 4 heterocycles. The molecular weight excluding hydrogens is 1670 g/mol. The van der Waals surface area contributed by atoms with Gasteiger partial charge >= 0.3 is 0 Å². The van der Waals surface area contributed by atoms with Crippen molar-refractivity contribution >= 4 is 147 Å². The van der Waals surface area contributed by atoms with Gasteiger partial charge in [-0.05, 0) is 236 Å². The van der Waals surface area contributed by atoms with Crippen molar-refractivity contribution in [2.45, 2.75) is 0 Å². The number of carbonyl (C=O) groups is 2. The predicted octanol–water partition coefficient (Wildman–Crippen LogP) is 33.3. The van der Waals surface area contributed by atoms with Crippen LogP contribution < -0.4 is 4.90 Å². The number of anilines is 1. The topological polar surface area (TPSA) is 102 Å². The van der Waals surface area contributed by atoms with Crippen LogP contribution in [0.25, 0.3) is 242 Å². The molecular formula is C129H80N6O2. The van der Waals surface area contributed by atoms with Crippen LogP contribution in [-0.4, -0.2) is 36.7 Å². The Hall–Kier alpha value is -18.4. The fourth-order valence-corrected chi connectivity index (χ4v) is 21.1. The molecule has 137 heavy (non-hydrogen) atoms. The summed E-state index contributed by atoms with van der Waals surface area (Å²) in [6.07, 6.45) is 3.80. The highest BCUT2D eigenvalue weighted by Gasteiger charge is 2.35. The van der Waals surface area contributed by atoms with E-state index in [1.54, 1.807) is 12.1 Å². The Kier molecular flexibility index (Phi) is 20.1. The molecule has 27 rings (SSSR count). The highest BCUT2D eigenvalue weighted by atomic mass is 16.2. The molecule has 8 heteroatoms. The first kappa shape index (κ1) is 80.7. The van der Waals surface area contributed by atoms with Crippen molar-refractivity contribution in [3.63, 3.8) is 0 Å². The van der Waals surface area contributed by atoms with Gasteiger partial charge < -0.3 is 0 Å². The minimum absolute atomic E-state index is 0.288. The van der Waals surface area contributed by atoms with Crippen molar-refractivity contribution in [2.24, 2.45) is 0 Å². The molecule has 0 unspecified atom stereocenters. The number of hydrogen-bond acceptors (Lipinski definition) is 7. The van der Waals surface area contributed by atoms with Gasteiger partial charge in [-0.3, -0.25) is 19.6 Å². The number of rotatable bonds is 11. The van der Waals surface area contributed by atoms with Crippen LogP contribution in [0.3, 0.4) is 0 Å². The van der Waals surface area contributed by atoms with E-state index in [4.69, 9.17) is 24.9 Å². The number of amides is 2. The van der Waals surface area contributed by atoms with E-state index in [1.807, 2.05) is 91.3 Å². The smallest absolute Gasteiger partial charge is 0.265 e. The van der Waals surface area contributed by atoms with E-state index in [0.717, 1.165) is 103 Å². The van der Waals surface area contributed by atoms with E-state index >= 15 is 0 Å². The summed E-state index contributed by atoms with van der Waals surface area (Å²) in [7, 11) is 0. The van der Waals surface area contributed by atoms with E-state index in [1.165, 1.54) is 126 Å². The molecule has 0 fully saturated rings. The summed E-state index contributed by atoms with van der Waals surface area (Å²) in [5, 5.41) is 24.9. The Labute approximate surface area is 789 Å². The number of benzene rings is 23. The second kappa shape index (κ2) is 34.1. The highest BCUT2D eigenvalue weighted by Crippen LogP contribution is 2.49. The van der Waals surface area contributed by atoms with Gasteiger partial charge in [0.15, 0.2) is 17.5 Å². The molecule has 1 aliphatic rings. The summed E-state index contributed by atoms with van der Waals surface area (Å²) < 4.78 is 0. The molecule has 0 N–H and O–H groups in total. The van der Waals surface area contributed by atoms with Crippen LogP contribution in [0.2, 0.25) is 0 Å². The van der Waals surface area contributed by atoms with Crippen LogP contribution in [0.15, 0.2) is 486 Å². The first-order chi connectivity index (χ1) is 67.8. The van der Waals surface area contributed by atoms with Gasteiger partial charge in [0.1, 0.15) is 0 Å². The number of fused-ring (bicyclic) bond motifs is 13. The van der Waals surface area contributed by atoms with Gasteiger partial charge in [-0.25, -0.2) is 19.9 Å². The molecule has 1 aliphatic heterocycles. The molecule has 23 aromatic carbocycles. The van der Waals surface area contributed by atoms with Gasteiger partial charge in [-0.1, -0.05) is 406 Å². The number of para-hydroxylation sites is 1. The fraction of sp³-hybridized carbons (Fsp3) is 0. The lowest BCUT2D eigenvalue weighted by Gasteiger charge is -2.28. The molecule has 0 radical (unpaired) electrons. The predicted molar refractivity (Wildman–Crippen MR) is 570 cm³/mol. The fourth-order valence-electron chi connectivity index (χ4n) is 21.1. The van der Waals surface area contributed by atoms with Crippen LogP contribution in [-0.2, 0) is 0 Å². The molecule has 0 bridgehead atoms. The second-order valence-corrected chi connectivity index (χ2v) is 34.9. The van der Waals surface area contributed by atoms with Crippen molar-refractivity contribution in [3.8, 4) is 112 Å². The van der Waals surface area contributed by atoms with Gasteiger partial charge in [0.05, 0.1) is 16.7 Å². The van der Waals surface area contributed by atoms with E-state index in [-0.39, 0.29) is 11.8 Å². The first-order valence-corrected chi connectivity index (χ1v) is 46.3. The standard InChI is InChI=1S/C63H39N3.C38H24N2.C28H17NO2/c1-4-22-43-40(16-1)19-13-31-46(43)55-34-37-58(52-28-10-7-25-49(52)55)61-64-62(59-38-35-56(50-26-8-11-29-53(50)59)47-32-14-20-41-17-2-5-23-44(41)47)66-63(65-61)60-39-36-57(51-27-9-12-30-54(51)60)48-33-15-21-42-18-3-6-24-45(42)48;1-3-11-25(12-4-1)29-17-7-15-27-23-33(31-19-9-21-39-37(31)35(27)29)34-24-28-16-8-18-30(26-13-5-2-6-14-26)36(28)38-32(34)20-10-22-40-38;30-27-24-15-7-14-23-22(21-13-6-9-18-8-4-5-12-20(18)21)16-17-25(26(23)24)28(31)29(27)19-10-2-1-3-11-19/h1-39H;1-24H;1-17H. The molecule has 0 aliphatic carbocycles. The van der Waals surface area contributed by atoms with Crippen molar-refractivity contribution < 1.29 is 9.59 Å². The average Bonchev–Trinajstić information content (AvgIpc) is 0.735. The van der Waals surface area contributed by atoms with Crippen molar-refractivity contribution in [1.82, 2.24) is 24.9 Å². The maximum atomic E-state index is 13.4. The van der Waals surface area contributed by atoms with Gasteiger partial charge in [-0.15, -0.1) is 0 Å². The zero-order valence-electron chi connectivity index (χ0n) is 74.2. The lowest BCUT2D eigenvalue weighted by Crippen LogP contribution is -2.40. The van der Waals surface area contributed by atoms with Crippen LogP contribution in [0.1, 0.15) is 20.7 Å². The number of pyridine rings is 2. The summed E-state index contributed by atoms with van der Waals surface area (Å²) in [6, 6.07) is 165. The quantitative estimate of drug-likeness (QED) is 0.0939.